The lowest BCUT2D eigenvalue weighted by atomic mass is 9.89. The maximum atomic E-state index is 13.3. The highest BCUT2D eigenvalue weighted by Crippen LogP contribution is 2.43. The van der Waals surface area contributed by atoms with Crippen LogP contribution in [0.3, 0.4) is 0 Å². The van der Waals surface area contributed by atoms with Gasteiger partial charge in [-0.05, 0) is 41.4 Å². The van der Waals surface area contributed by atoms with Crippen molar-refractivity contribution >= 4 is 19.6 Å². The van der Waals surface area contributed by atoms with E-state index in [0.29, 0.717) is 29.8 Å². The number of rotatable bonds is 39. The average Bonchev–Trinajstić information content (AvgIpc) is 3.08. The number of ether oxygens (including phenoxy) is 1. The number of esters is 1. The maximum Gasteiger partial charge on any atom is 0.472 e. The molecule has 0 aromatic rings. The Morgan fingerprint density at radius 2 is 0.912 bits per heavy atom. The Balaban J connectivity index is 4.74. The minimum atomic E-state index is -4.32. The maximum absolute atomic E-state index is 13.3. The summed E-state index contributed by atoms with van der Waals surface area (Å²) in [5.74, 6) is 3.66. The van der Waals surface area contributed by atoms with Gasteiger partial charge >= 0.3 is 13.8 Å². The summed E-state index contributed by atoms with van der Waals surface area (Å²) in [6, 6.07) is 0. The molecule has 0 fully saturated rings. The third kappa shape index (κ3) is 37.9. The predicted octanol–water partition coefficient (Wildman–Crippen LogP) is 13.6. The fourth-order valence-corrected chi connectivity index (χ4v) is 8.50. The van der Waals surface area contributed by atoms with Crippen molar-refractivity contribution in [1.82, 2.24) is 0 Å². The topological polar surface area (TPSA) is 99.1 Å². The second-order valence-electron chi connectivity index (χ2n) is 20.7. The molecule has 0 spiro atoms. The Labute approximate surface area is 354 Å². The lowest BCUT2D eigenvalue weighted by Gasteiger charge is -2.24. The standard InChI is InChI=1S/C48H96NO7P/c1-39(2)22-18-26-41(5)24-16-14-13-15-17-25-45(9)35-48(51)54-37-46(38-56-57(52,53)55-33-32-49(10,11)12)36-47(50)34-44(8)31-21-30-43(7)29-20-28-42(6)27-19-23-40(3)4/h39-46H,13-38H2,1-12H3/p+1/t41-,42+,43-,44-,45+,46-/m1/s1. The second kappa shape index (κ2) is 32.9. The van der Waals surface area contributed by atoms with E-state index in [1.54, 1.807) is 0 Å². The van der Waals surface area contributed by atoms with Crippen molar-refractivity contribution in [2.45, 2.75) is 204 Å². The molecule has 1 unspecified atom stereocenters. The minimum absolute atomic E-state index is 0.0195. The van der Waals surface area contributed by atoms with Crippen molar-refractivity contribution in [2.24, 2.45) is 47.3 Å². The second-order valence-corrected chi connectivity index (χ2v) is 22.1. The van der Waals surface area contributed by atoms with Gasteiger partial charge in [-0.1, -0.05) is 184 Å². The number of phosphoric ester groups is 1. The van der Waals surface area contributed by atoms with Gasteiger partial charge in [0.05, 0.1) is 34.4 Å². The first-order valence-electron chi connectivity index (χ1n) is 23.8. The normalized spacial score (nSPS) is 16.6. The zero-order chi connectivity index (χ0) is 43.3. The molecule has 0 aromatic heterocycles. The van der Waals surface area contributed by atoms with E-state index in [2.05, 4.69) is 62.3 Å². The first kappa shape index (κ1) is 56.2. The molecule has 0 radical (unpaired) electrons. The number of nitrogens with zero attached hydrogens (tertiary/aromatic N) is 1. The highest BCUT2D eigenvalue weighted by atomic mass is 31.2. The van der Waals surface area contributed by atoms with Gasteiger partial charge < -0.3 is 14.1 Å². The Kier molecular flexibility index (Phi) is 32.5. The molecule has 7 atom stereocenters. The number of phosphoric acid groups is 1. The van der Waals surface area contributed by atoms with Crippen molar-refractivity contribution in [3.8, 4) is 0 Å². The number of unbranched alkanes of at least 4 members (excludes halogenated alkanes) is 4. The number of hydrogen-bond acceptors (Lipinski definition) is 6. The Morgan fingerprint density at radius 1 is 0.509 bits per heavy atom. The average molecular weight is 831 g/mol. The molecule has 0 rings (SSSR count). The number of carbonyl (C=O) groups excluding carboxylic acids is 2. The largest absolute Gasteiger partial charge is 0.472 e. The molecule has 0 aliphatic rings. The molecule has 0 aromatic carbocycles. The van der Waals surface area contributed by atoms with E-state index in [-0.39, 0.29) is 49.8 Å². The fraction of sp³-hybridized carbons (Fsp3) is 0.958. The summed E-state index contributed by atoms with van der Waals surface area (Å²) in [5, 5.41) is 0. The van der Waals surface area contributed by atoms with Gasteiger partial charge in [0.1, 0.15) is 18.9 Å². The predicted molar refractivity (Wildman–Crippen MR) is 241 cm³/mol. The summed E-state index contributed by atoms with van der Waals surface area (Å²) in [4.78, 5) is 36.5. The van der Waals surface area contributed by atoms with Gasteiger partial charge in [0.15, 0.2) is 0 Å². The van der Waals surface area contributed by atoms with E-state index in [1.165, 1.54) is 96.3 Å². The van der Waals surface area contributed by atoms with Crippen molar-refractivity contribution < 1.29 is 37.3 Å². The summed E-state index contributed by atoms with van der Waals surface area (Å²) in [5.41, 5.74) is 0. The van der Waals surface area contributed by atoms with E-state index in [0.717, 1.165) is 49.4 Å². The Bertz CT molecular complexity index is 1040. The smallest absolute Gasteiger partial charge is 0.465 e. The molecule has 0 aliphatic carbocycles. The Hall–Kier alpha value is -0.790. The number of ketones is 1. The highest BCUT2D eigenvalue weighted by molar-refractivity contribution is 7.47. The molecule has 9 heteroatoms. The van der Waals surface area contributed by atoms with Crippen molar-refractivity contribution in [3.05, 3.63) is 0 Å². The number of hydrogen-bond donors (Lipinski definition) is 1. The summed E-state index contributed by atoms with van der Waals surface area (Å²) in [6.45, 7) is 21.0. The van der Waals surface area contributed by atoms with Gasteiger partial charge in [-0.2, -0.15) is 0 Å². The molecular weight excluding hydrogens is 734 g/mol. The molecule has 0 aliphatic heterocycles. The van der Waals surface area contributed by atoms with Gasteiger partial charge in [0, 0.05) is 25.2 Å². The van der Waals surface area contributed by atoms with E-state index < -0.39 is 13.7 Å². The van der Waals surface area contributed by atoms with Gasteiger partial charge in [0.25, 0.3) is 0 Å². The molecule has 0 amide bonds. The number of quaternary nitrogens is 1. The Morgan fingerprint density at radius 3 is 1.39 bits per heavy atom. The summed E-state index contributed by atoms with van der Waals surface area (Å²) in [7, 11) is 1.60. The highest BCUT2D eigenvalue weighted by Gasteiger charge is 2.27. The SMILES string of the molecule is CC(C)CCC[C@H](C)CCCCCCC[C@H](C)CC(=O)OC[C@H](COP(=O)(O)OCC[N+](C)(C)C)CC(=O)C[C@H](C)CCC[C@H](C)CCC[C@@H](C)CCCC(C)C. The van der Waals surface area contributed by atoms with Crippen LogP contribution in [0, 0.1) is 47.3 Å². The monoisotopic (exact) mass is 831 g/mol. The van der Waals surface area contributed by atoms with E-state index >= 15 is 0 Å². The zero-order valence-electron chi connectivity index (χ0n) is 39.8. The molecule has 340 valence electrons. The van der Waals surface area contributed by atoms with Crippen LogP contribution >= 0.6 is 7.82 Å². The van der Waals surface area contributed by atoms with Gasteiger partial charge in [-0.25, -0.2) is 4.57 Å². The summed E-state index contributed by atoms with van der Waals surface area (Å²) in [6.07, 6.45) is 24.6. The molecule has 0 heterocycles. The van der Waals surface area contributed by atoms with Crippen LogP contribution in [-0.4, -0.2) is 68.6 Å². The third-order valence-electron chi connectivity index (χ3n) is 11.7. The van der Waals surface area contributed by atoms with Crippen LogP contribution in [0.25, 0.3) is 0 Å². The van der Waals surface area contributed by atoms with E-state index in [4.69, 9.17) is 13.8 Å². The van der Waals surface area contributed by atoms with Crippen LogP contribution in [-0.2, 0) is 27.9 Å². The number of likely N-dealkylation sites (N-methyl/N-ethyl adjacent to an activating group) is 1. The molecule has 1 N–H and O–H groups in total. The molecule has 0 bridgehead atoms. The number of Topliss-reactive ketones (excluding diaryl/α,β-unsaturated/α-hetero) is 1. The van der Waals surface area contributed by atoms with Gasteiger partial charge in [-0.3, -0.25) is 18.6 Å². The molecule has 8 nitrogen and oxygen atoms in total. The van der Waals surface area contributed by atoms with Crippen LogP contribution in [0.2, 0.25) is 0 Å². The fourth-order valence-electron chi connectivity index (χ4n) is 7.71. The van der Waals surface area contributed by atoms with E-state index in [9.17, 15) is 19.0 Å². The van der Waals surface area contributed by atoms with Crippen molar-refractivity contribution in [3.63, 3.8) is 0 Å². The lowest BCUT2D eigenvalue weighted by Crippen LogP contribution is -2.37. The zero-order valence-corrected chi connectivity index (χ0v) is 40.7. The van der Waals surface area contributed by atoms with Crippen molar-refractivity contribution in [2.75, 3.05) is 47.5 Å². The first-order chi connectivity index (χ1) is 26.7. The summed E-state index contributed by atoms with van der Waals surface area (Å²) < 4.78 is 29.5. The number of carbonyl (C=O) groups is 2. The molecule has 0 saturated heterocycles. The first-order valence-corrected chi connectivity index (χ1v) is 25.3. The third-order valence-corrected chi connectivity index (χ3v) is 12.7. The molecule has 57 heavy (non-hydrogen) atoms. The van der Waals surface area contributed by atoms with Gasteiger partial charge in [0.2, 0.25) is 0 Å². The van der Waals surface area contributed by atoms with Gasteiger partial charge in [-0.15, -0.1) is 0 Å². The van der Waals surface area contributed by atoms with Crippen molar-refractivity contribution in [1.29, 1.82) is 0 Å². The minimum Gasteiger partial charge on any atom is -0.465 e. The van der Waals surface area contributed by atoms with E-state index in [1.807, 2.05) is 21.1 Å². The molecule has 0 saturated carbocycles. The van der Waals surface area contributed by atoms with Crippen LogP contribution in [0.5, 0.6) is 0 Å². The van der Waals surface area contributed by atoms with Crippen LogP contribution in [0.1, 0.15) is 204 Å². The summed E-state index contributed by atoms with van der Waals surface area (Å²) >= 11 is 0. The van der Waals surface area contributed by atoms with Crippen LogP contribution in [0.4, 0.5) is 0 Å². The molecular formula is C48H97NO7P+. The van der Waals surface area contributed by atoms with Crippen LogP contribution < -0.4 is 0 Å². The van der Waals surface area contributed by atoms with Crippen LogP contribution in [0.15, 0.2) is 0 Å². The quantitative estimate of drug-likeness (QED) is 0.0285. The lowest BCUT2D eigenvalue weighted by molar-refractivity contribution is -0.870.